The van der Waals surface area contributed by atoms with Crippen LogP contribution in [0, 0.1) is 0 Å². The molecule has 0 bridgehead atoms. The minimum absolute atomic E-state index is 0.0376. The van der Waals surface area contributed by atoms with Crippen molar-refractivity contribution in [1.82, 2.24) is 0 Å². The lowest BCUT2D eigenvalue weighted by Crippen LogP contribution is -2.13. The van der Waals surface area contributed by atoms with Gasteiger partial charge in [-0.2, -0.15) is 16.8 Å². The van der Waals surface area contributed by atoms with Gasteiger partial charge in [0.05, 0.1) is 19.1 Å². The number of hydrogen-bond donors (Lipinski definition) is 0. The van der Waals surface area contributed by atoms with Crippen LogP contribution in [0.3, 0.4) is 0 Å². The fourth-order valence-electron chi connectivity index (χ4n) is 3.36. The molecule has 0 saturated carbocycles. The van der Waals surface area contributed by atoms with Crippen molar-refractivity contribution in [3.63, 3.8) is 0 Å². The molecule has 3 rings (SSSR count). The zero-order valence-corrected chi connectivity index (χ0v) is 17.3. The van der Waals surface area contributed by atoms with Crippen LogP contribution in [0.4, 0.5) is 0 Å². The van der Waals surface area contributed by atoms with Gasteiger partial charge >= 0.3 is 0 Å². The molecule has 0 radical (unpaired) electrons. The Morgan fingerprint density at radius 1 is 0.929 bits per heavy atom. The molecule has 28 heavy (non-hydrogen) atoms. The van der Waals surface area contributed by atoms with Crippen LogP contribution in [0.25, 0.3) is 5.57 Å². The molecule has 0 heterocycles. The Morgan fingerprint density at radius 2 is 1.57 bits per heavy atom. The maximum atomic E-state index is 11.8. The summed E-state index contributed by atoms with van der Waals surface area (Å²) in [5.74, 6) is 0. The monoisotopic (exact) mass is 422 g/mol. The average Bonchev–Trinajstić information content (AvgIpc) is 2.72. The Hall–Kier alpha value is -2.00. The molecule has 0 spiro atoms. The van der Waals surface area contributed by atoms with Gasteiger partial charge in [-0.15, -0.1) is 0 Å². The summed E-state index contributed by atoms with van der Waals surface area (Å²) < 4.78 is 56.2. The summed E-state index contributed by atoms with van der Waals surface area (Å²) in [4.78, 5) is 0. The van der Waals surface area contributed by atoms with E-state index in [0.717, 1.165) is 40.3 Å². The van der Waals surface area contributed by atoms with Gasteiger partial charge in [-0.25, -0.2) is 0 Å². The Bertz CT molecular complexity index is 1100. The predicted octanol–water partition coefficient (Wildman–Crippen LogP) is 3.06. The van der Waals surface area contributed by atoms with Crippen LogP contribution in [0.2, 0.25) is 0 Å². The summed E-state index contributed by atoms with van der Waals surface area (Å²) in [7, 11) is -7.15. The average molecular weight is 423 g/mol. The number of rotatable bonds is 6. The van der Waals surface area contributed by atoms with Gasteiger partial charge in [0.1, 0.15) is 6.10 Å². The molecule has 8 heteroatoms. The standard InChI is InChI=1S/C20H22O6S2/c1-27(21,22)25-13-7-12-17-16-9-4-3-8-15(16)14-20(26-28(2,23)24)19-11-6-5-10-18(17)19/h3-6,8-12,20H,7,13-14H2,1-2H3/b17-12-. The molecule has 150 valence electrons. The molecule has 0 saturated heterocycles. The maximum absolute atomic E-state index is 11.8. The number of fused-ring (bicyclic) bond motifs is 2. The largest absolute Gasteiger partial charge is 0.270 e. The first-order valence-corrected chi connectivity index (χ1v) is 12.4. The van der Waals surface area contributed by atoms with E-state index in [4.69, 9.17) is 8.37 Å². The van der Waals surface area contributed by atoms with Crippen molar-refractivity contribution in [3.05, 3.63) is 76.9 Å². The quantitative estimate of drug-likeness (QED) is 0.525. The van der Waals surface area contributed by atoms with Gasteiger partial charge in [-0.1, -0.05) is 54.6 Å². The van der Waals surface area contributed by atoms with E-state index in [2.05, 4.69) is 0 Å². The van der Waals surface area contributed by atoms with Crippen LogP contribution in [0.15, 0.2) is 54.6 Å². The molecule has 0 N–H and O–H groups in total. The van der Waals surface area contributed by atoms with Gasteiger partial charge in [0, 0.05) is 6.42 Å². The van der Waals surface area contributed by atoms with Gasteiger partial charge in [0.15, 0.2) is 0 Å². The van der Waals surface area contributed by atoms with Crippen molar-refractivity contribution in [2.75, 3.05) is 19.1 Å². The first-order valence-electron chi connectivity index (χ1n) is 8.74. The summed E-state index contributed by atoms with van der Waals surface area (Å²) in [6, 6.07) is 15.2. The Kier molecular flexibility index (Phi) is 6.04. The lowest BCUT2D eigenvalue weighted by Gasteiger charge is -2.17. The molecule has 1 aliphatic rings. The van der Waals surface area contributed by atoms with Gasteiger partial charge in [0.25, 0.3) is 20.2 Å². The van der Waals surface area contributed by atoms with E-state index >= 15 is 0 Å². The summed E-state index contributed by atoms with van der Waals surface area (Å²) in [6.07, 6.45) is 4.16. The highest BCUT2D eigenvalue weighted by atomic mass is 32.2. The summed E-state index contributed by atoms with van der Waals surface area (Å²) in [5, 5.41) is 0. The minimum Gasteiger partial charge on any atom is -0.270 e. The molecule has 0 fully saturated rings. The third-order valence-electron chi connectivity index (χ3n) is 4.37. The fourth-order valence-corrected chi connectivity index (χ4v) is 4.35. The van der Waals surface area contributed by atoms with Crippen LogP contribution in [0.5, 0.6) is 0 Å². The SMILES string of the molecule is CS(=O)(=O)OCC/C=C1/c2ccccc2CC(OS(C)(=O)=O)c2ccccc21. The van der Waals surface area contributed by atoms with Crippen LogP contribution in [0.1, 0.15) is 34.8 Å². The fraction of sp³-hybridized carbons (Fsp3) is 0.300. The molecule has 0 amide bonds. The van der Waals surface area contributed by atoms with Gasteiger partial charge in [0.2, 0.25) is 0 Å². The van der Waals surface area contributed by atoms with Crippen molar-refractivity contribution in [2.45, 2.75) is 18.9 Å². The normalized spacial score (nSPS) is 18.4. The van der Waals surface area contributed by atoms with Gasteiger partial charge < -0.3 is 0 Å². The summed E-state index contributed by atoms with van der Waals surface area (Å²) in [5.41, 5.74) is 4.47. The molecule has 6 nitrogen and oxygen atoms in total. The van der Waals surface area contributed by atoms with Gasteiger partial charge in [-0.3, -0.25) is 8.37 Å². The molecule has 1 atom stereocenters. The van der Waals surface area contributed by atoms with Crippen LogP contribution >= 0.6 is 0 Å². The highest BCUT2D eigenvalue weighted by Gasteiger charge is 2.27. The highest BCUT2D eigenvalue weighted by Crippen LogP contribution is 2.39. The Morgan fingerprint density at radius 3 is 2.25 bits per heavy atom. The number of benzene rings is 2. The second-order valence-corrected chi connectivity index (χ2v) is 9.91. The first-order chi connectivity index (χ1) is 13.1. The zero-order valence-electron chi connectivity index (χ0n) is 15.7. The second kappa shape index (κ2) is 8.16. The predicted molar refractivity (Wildman–Crippen MR) is 108 cm³/mol. The molecular formula is C20H22O6S2. The summed E-state index contributed by atoms with van der Waals surface area (Å²) in [6.45, 7) is 0.0376. The van der Waals surface area contributed by atoms with Crippen LogP contribution in [-0.4, -0.2) is 36.0 Å². The minimum atomic E-state index is -3.65. The molecular weight excluding hydrogens is 400 g/mol. The topological polar surface area (TPSA) is 86.7 Å². The van der Waals surface area contributed by atoms with E-state index < -0.39 is 26.3 Å². The smallest absolute Gasteiger partial charge is 0.264 e. The third-order valence-corrected chi connectivity index (χ3v) is 5.54. The van der Waals surface area contributed by atoms with Crippen LogP contribution < -0.4 is 0 Å². The van der Waals surface area contributed by atoms with E-state index in [1.165, 1.54) is 0 Å². The van der Waals surface area contributed by atoms with E-state index in [9.17, 15) is 16.8 Å². The lowest BCUT2D eigenvalue weighted by molar-refractivity contribution is 0.216. The maximum Gasteiger partial charge on any atom is 0.264 e. The van der Waals surface area contributed by atoms with E-state index in [0.29, 0.717) is 12.8 Å². The molecule has 0 aliphatic heterocycles. The van der Waals surface area contributed by atoms with Crippen molar-refractivity contribution in [2.24, 2.45) is 0 Å². The third kappa shape index (κ3) is 5.29. The molecule has 0 aromatic heterocycles. The van der Waals surface area contributed by atoms with E-state index in [1.807, 2.05) is 54.6 Å². The first kappa shape index (κ1) is 20.7. The molecule has 2 aromatic carbocycles. The lowest BCUT2D eigenvalue weighted by atomic mass is 9.93. The van der Waals surface area contributed by atoms with Crippen molar-refractivity contribution >= 4 is 25.8 Å². The Labute approximate surface area is 166 Å². The Balaban J connectivity index is 2.07. The van der Waals surface area contributed by atoms with Gasteiger partial charge in [-0.05, 0) is 34.2 Å². The molecule has 1 unspecified atom stereocenters. The van der Waals surface area contributed by atoms with Crippen molar-refractivity contribution in [1.29, 1.82) is 0 Å². The summed E-state index contributed by atoms with van der Waals surface area (Å²) >= 11 is 0. The van der Waals surface area contributed by atoms with Crippen LogP contribution in [-0.2, 0) is 35.0 Å². The van der Waals surface area contributed by atoms with E-state index in [1.54, 1.807) is 0 Å². The van der Waals surface area contributed by atoms with E-state index in [-0.39, 0.29) is 6.61 Å². The van der Waals surface area contributed by atoms with Crippen molar-refractivity contribution < 1.29 is 25.2 Å². The second-order valence-electron chi connectivity index (χ2n) is 6.67. The molecule has 1 aliphatic carbocycles. The zero-order chi connectivity index (χ0) is 20.4. The molecule has 2 aromatic rings. The van der Waals surface area contributed by atoms with Crippen molar-refractivity contribution in [3.8, 4) is 0 Å². The number of hydrogen-bond acceptors (Lipinski definition) is 6. The highest BCUT2D eigenvalue weighted by molar-refractivity contribution is 7.86.